The Balaban J connectivity index is 0.000000158. The van der Waals surface area contributed by atoms with Gasteiger partial charge in [-0.3, -0.25) is 4.99 Å². The number of aromatic amines is 1. The molecule has 40 heavy (non-hydrogen) atoms. The Morgan fingerprint density at radius 1 is 0.700 bits per heavy atom. The number of aromatic nitrogens is 1. The van der Waals surface area contributed by atoms with Crippen LogP contribution in [0.4, 0.5) is 5.69 Å². The lowest BCUT2D eigenvalue weighted by molar-refractivity contribution is 0.622. The van der Waals surface area contributed by atoms with Crippen LogP contribution in [-0.2, 0) is 6.42 Å². The van der Waals surface area contributed by atoms with E-state index in [9.17, 15) is 0 Å². The number of rotatable bonds is 1. The Morgan fingerprint density at radius 3 is 2.50 bits per heavy atom. The minimum Gasteiger partial charge on any atom is -0.361 e. The highest BCUT2D eigenvalue weighted by atomic mass is 14.8. The third-order valence-electron chi connectivity index (χ3n) is 8.84. The van der Waals surface area contributed by atoms with E-state index in [0.29, 0.717) is 5.92 Å². The van der Waals surface area contributed by atoms with Gasteiger partial charge in [0.15, 0.2) is 0 Å². The topological polar surface area (TPSA) is 28.1 Å². The van der Waals surface area contributed by atoms with E-state index in [-0.39, 0.29) is 0 Å². The van der Waals surface area contributed by atoms with Crippen molar-refractivity contribution in [3.8, 4) is 0 Å². The van der Waals surface area contributed by atoms with Crippen LogP contribution in [0, 0.1) is 0 Å². The van der Waals surface area contributed by atoms with Gasteiger partial charge in [0.1, 0.15) is 0 Å². The van der Waals surface area contributed by atoms with E-state index >= 15 is 0 Å². The molecule has 0 saturated carbocycles. The van der Waals surface area contributed by atoms with Crippen molar-refractivity contribution in [1.82, 2.24) is 4.98 Å². The van der Waals surface area contributed by atoms with Crippen molar-refractivity contribution in [3.63, 3.8) is 0 Å². The minimum absolute atomic E-state index is 0.487. The second-order valence-corrected chi connectivity index (χ2v) is 11.0. The zero-order valence-corrected chi connectivity index (χ0v) is 22.4. The van der Waals surface area contributed by atoms with E-state index in [0.717, 1.165) is 12.1 Å². The van der Waals surface area contributed by atoms with Gasteiger partial charge in [0.05, 0.1) is 11.4 Å². The van der Waals surface area contributed by atoms with Crippen LogP contribution < -0.4 is 0 Å². The summed E-state index contributed by atoms with van der Waals surface area (Å²) in [5.41, 5.74) is 10.7. The summed E-state index contributed by atoms with van der Waals surface area (Å²) in [6.45, 7) is 0. The molecule has 0 radical (unpaired) electrons. The molecule has 3 aliphatic rings. The second-order valence-electron chi connectivity index (χ2n) is 11.0. The average Bonchev–Trinajstić information content (AvgIpc) is 3.62. The van der Waals surface area contributed by atoms with E-state index in [1.54, 1.807) is 5.56 Å². The lowest BCUT2D eigenvalue weighted by atomic mass is 9.77. The van der Waals surface area contributed by atoms with Crippen molar-refractivity contribution in [2.45, 2.75) is 31.6 Å². The lowest BCUT2D eigenvalue weighted by Gasteiger charge is -2.27. The zero-order chi connectivity index (χ0) is 26.5. The maximum absolute atomic E-state index is 4.57. The van der Waals surface area contributed by atoms with Crippen molar-refractivity contribution < 1.29 is 0 Å². The molecule has 9 rings (SSSR count). The summed E-state index contributed by atoms with van der Waals surface area (Å²) in [6, 6.07) is 35.1. The van der Waals surface area contributed by atoms with Crippen molar-refractivity contribution in [1.29, 1.82) is 0 Å². The number of nitrogens with zero attached hydrogens (tertiary/aromatic N) is 1. The summed E-state index contributed by atoms with van der Waals surface area (Å²) in [5.74, 6) is 0.487. The van der Waals surface area contributed by atoms with Gasteiger partial charge in [-0.05, 0) is 69.6 Å². The monoisotopic (exact) mass is 514 g/mol. The average molecular weight is 515 g/mol. The summed E-state index contributed by atoms with van der Waals surface area (Å²) >= 11 is 0. The summed E-state index contributed by atoms with van der Waals surface area (Å²) in [5, 5.41) is 6.90. The standard InChI is InChI=1S/C26H21N.C12H9N/c1-2-7-18-17(6-1)12-13-22-19-9-5-10-20(23(19)15-14-21(18)22)25-16-27-26-11-4-3-8-24(25)26;1-3-7-11-9(5-1)10-6-2-4-8-12(10)13-11/h1-4,6-8,11-16,20,27H,5,9-10H2;1-7H,8H2. The number of para-hydroxylation sites is 2. The highest BCUT2D eigenvalue weighted by Gasteiger charge is 2.25. The van der Waals surface area contributed by atoms with Crippen molar-refractivity contribution in [2.75, 3.05) is 0 Å². The molecule has 1 N–H and O–H groups in total. The molecule has 1 aliphatic heterocycles. The number of hydrogen-bond acceptors (Lipinski definition) is 1. The molecule has 0 saturated heterocycles. The van der Waals surface area contributed by atoms with Gasteiger partial charge in [-0.15, -0.1) is 0 Å². The van der Waals surface area contributed by atoms with Gasteiger partial charge < -0.3 is 4.98 Å². The van der Waals surface area contributed by atoms with Gasteiger partial charge in [0.2, 0.25) is 0 Å². The van der Waals surface area contributed by atoms with Crippen LogP contribution in [0.2, 0.25) is 0 Å². The van der Waals surface area contributed by atoms with Gasteiger partial charge >= 0.3 is 0 Å². The van der Waals surface area contributed by atoms with Gasteiger partial charge in [-0.1, -0.05) is 103 Å². The van der Waals surface area contributed by atoms with Crippen molar-refractivity contribution in [2.24, 2.45) is 4.99 Å². The second kappa shape index (κ2) is 9.50. The molecule has 0 amide bonds. The lowest BCUT2D eigenvalue weighted by Crippen LogP contribution is -2.11. The maximum atomic E-state index is 4.57. The predicted molar refractivity (Wildman–Crippen MR) is 170 cm³/mol. The maximum Gasteiger partial charge on any atom is 0.0712 e. The van der Waals surface area contributed by atoms with E-state index in [4.69, 9.17) is 0 Å². The highest BCUT2D eigenvalue weighted by Crippen LogP contribution is 2.43. The molecule has 192 valence electrons. The first-order valence-electron chi connectivity index (χ1n) is 14.4. The van der Waals surface area contributed by atoms with E-state index in [1.807, 2.05) is 6.07 Å². The first-order valence-corrected chi connectivity index (χ1v) is 14.4. The van der Waals surface area contributed by atoms with Gasteiger partial charge in [-0.2, -0.15) is 0 Å². The quantitative estimate of drug-likeness (QED) is 0.211. The molecular weight excluding hydrogens is 484 g/mol. The third kappa shape index (κ3) is 3.75. The van der Waals surface area contributed by atoms with E-state index < -0.39 is 0 Å². The molecular formula is C38H30N2. The summed E-state index contributed by atoms with van der Waals surface area (Å²) in [4.78, 5) is 8.05. The predicted octanol–water partition coefficient (Wildman–Crippen LogP) is 10.1. The molecule has 2 aliphatic carbocycles. The highest BCUT2D eigenvalue weighted by molar-refractivity contribution is 6.30. The van der Waals surface area contributed by atoms with Crippen LogP contribution >= 0.6 is 0 Å². The van der Waals surface area contributed by atoms with Crippen LogP contribution in [0.1, 0.15) is 47.4 Å². The van der Waals surface area contributed by atoms with Crippen LogP contribution in [-0.4, -0.2) is 10.7 Å². The van der Waals surface area contributed by atoms with Crippen molar-refractivity contribution in [3.05, 3.63) is 144 Å². The Morgan fingerprint density at radius 2 is 1.52 bits per heavy atom. The first-order chi connectivity index (χ1) is 19.8. The van der Waals surface area contributed by atoms with Crippen molar-refractivity contribution >= 4 is 49.4 Å². The minimum atomic E-state index is 0.487. The largest absolute Gasteiger partial charge is 0.361 e. The van der Waals surface area contributed by atoms with E-state index in [2.05, 4.69) is 125 Å². The molecule has 1 atom stereocenters. The molecule has 2 heterocycles. The molecule has 1 aromatic heterocycles. The molecule has 2 heteroatoms. The number of aliphatic imine (C=N–C) groups is 1. The Labute approximate surface area is 234 Å². The number of benzene rings is 5. The molecule has 6 aromatic rings. The Bertz CT molecular complexity index is 2020. The molecule has 0 fully saturated rings. The fourth-order valence-electron chi connectivity index (χ4n) is 6.96. The molecule has 0 bridgehead atoms. The molecule has 0 spiro atoms. The summed E-state index contributed by atoms with van der Waals surface area (Å²) in [6.07, 6.45) is 13.3. The number of fused-ring (bicyclic) bond motifs is 9. The SMILES string of the molecule is C1=CCC2=Nc3ccccc3C2=C1.c1ccc2c(c1)ccc1c3c(ccc12)C(c1c[nH]c2ccccc12)CCC3. The summed E-state index contributed by atoms with van der Waals surface area (Å²) < 4.78 is 0. The summed E-state index contributed by atoms with van der Waals surface area (Å²) in [7, 11) is 0. The normalized spacial score (nSPS) is 17.1. The van der Waals surface area contributed by atoms with E-state index in [1.165, 1.54) is 79.7 Å². The first kappa shape index (κ1) is 23.2. The number of nitrogens with one attached hydrogen (secondary N) is 1. The van der Waals surface area contributed by atoms with Crippen LogP contribution in [0.15, 0.2) is 126 Å². The van der Waals surface area contributed by atoms with Gasteiger partial charge in [0.25, 0.3) is 0 Å². The number of allylic oxidation sites excluding steroid dienone is 4. The molecule has 5 aromatic carbocycles. The number of aryl methyl sites for hydroxylation is 1. The van der Waals surface area contributed by atoms with Crippen LogP contribution in [0.25, 0.3) is 38.0 Å². The Kier molecular flexibility index (Phi) is 5.51. The van der Waals surface area contributed by atoms with Gasteiger partial charge in [0, 0.05) is 40.6 Å². The van der Waals surface area contributed by atoms with Gasteiger partial charge in [-0.25, -0.2) is 0 Å². The van der Waals surface area contributed by atoms with Crippen LogP contribution in [0.5, 0.6) is 0 Å². The smallest absolute Gasteiger partial charge is 0.0712 e. The van der Waals surface area contributed by atoms with Crippen LogP contribution in [0.3, 0.4) is 0 Å². The fraction of sp³-hybridized carbons (Fsp3) is 0.132. The zero-order valence-electron chi connectivity index (χ0n) is 22.4. The fourth-order valence-corrected chi connectivity index (χ4v) is 6.96. The Hall–Kier alpha value is -4.69. The number of H-pyrrole nitrogens is 1. The third-order valence-corrected chi connectivity index (χ3v) is 8.84. The number of hydrogen-bond donors (Lipinski definition) is 1. The molecule has 2 nitrogen and oxygen atoms in total. The molecule has 1 unspecified atom stereocenters.